The molecular weight excluding hydrogens is 425 g/mol. The fourth-order valence-electron chi connectivity index (χ4n) is 3.22. The molecule has 0 unspecified atom stereocenters. The molecule has 166 valence electrons. The Morgan fingerprint density at radius 3 is 2.48 bits per heavy atom. The van der Waals surface area contributed by atoms with Gasteiger partial charge in [0.05, 0.1) is 10.8 Å². The van der Waals surface area contributed by atoms with Crippen molar-refractivity contribution in [1.29, 1.82) is 0 Å². The number of carbonyl (C=O) groups excluding carboxylic acids is 2. The van der Waals surface area contributed by atoms with Crippen LogP contribution in [-0.2, 0) is 24.3 Å². The summed E-state index contributed by atoms with van der Waals surface area (Å²) in [5.74, 6) is -1.53. The number of nitrogens with zero attached hydrogens (tertiary/aromatic N) is 1. The number of halogens is 1. The number of hydrogen-bond acceptors (Lipinski definition) is 5. The first-order valence-corrected chi connectivity index (χ1v) is 11.2. The molecule has 0 spiro atoms. The summed E-state index contributed by atoms with van der Waals surface area (Å²) in [6.07, 6.45) is 0.597. The van der Waals surface area contributed by atoms with Crippen LogP contribution in [0.5, 0.6) is 0 Å². The molecule has 1 atom stereocenters. The quantitative estimate of drug-likeness (QED) is 0.571. The van der Waals surface area contributed by atoms with Crippen LogP contribution < -0.4 is 14.9 Å². The van der Waals surface area contributed by atoms with E-state index in [0.717, 1.165) is 0 Å². The molecule has 0 aliphatic carbocycles. The van der Waals surface area contributed by atoms with Gasteiger partial charge in [0.15, 0.2) is 0 Å². The highest BCUT2D eigenvalue weighted by Gasteiger charge is 2.35. The number of amides is 2. The number of methoxy groups -OCH3 is 1. The van der Waals surface area contributed by atoms with Gasteiger partial charge in [-0.25, -0.2) is 17.5 Å². The van der Waals surface area contributed by atoms with E-state index in [1.54, 1.807) is 7.11 Å². The molecule has 31 heavy (non-hydrogen) atoms. The summed E-state index contributed by atoms with van der Waals surface area (Å²) < 4.78 is 45.0. The van der Waals surface area contributed by atoms with Gasteiger partial charge in [-0.1, -0.05) is 0 Å². The van der Waals surface area contributed by atoms with Crippen LogP contribution in [0.1, 0.15) is 12.8 Å². The summed E-state index contributed by atoms with van der Waals surface area (Å²) in [4.78, 5) is 26.4. The molecule has 3 rings (SSSR count). The van der Waals surface area contributed by atoms with Gasteiger partial charge in [0.1, 0.15) is 5.82 Å². The highest BCUT2D eigenvalue weighted by atomic mass is 32.2. The highest BCUT2D eigenvalue weighted by molar-refractivity contribution is 7.89. The zero-order chi connectivity index (χ0) is 22.4. The van der Waals surface area contributed by atoms with Crippen LogP contribution in [0.25, 0.3) is 0 Å². The maximum Gasteiger partial charge on any atom is 0.240 e. The van der Waals surface area contributed by atoms with E-state index in [-0.39, 0.29) is 36.2 Å². The molecule has 0 radical (unpaired) electrons. The Hall–Kier alpha value is -2.82. The second-order valence-corrected chi connectivity index (χ2v) is 8.91. The van der Waals surface area contributed by atoms with Gasteiger partial charge in [0.25, 0.3) is 0 Å². The first kappa shape index (κ1) is 22.9. The van der Waals surface area contributed by atoms with E-state index in [0.29, 0.717) is 24.4 Å². The lowest BCUT2D eigenvalue weighted by Crippen LogP contribution is -2.28. The Morgan fingerprint density at radius 1 is 1.16 bits per heavy atom. The van der Waals surface area contributed by atoms with Crippen LogP contribution in [-0.4, -0.2) is 47.0 Å². The lowest BCUT2D eigenvalue weighted by atomic mass is 10.1. The third kappa shape index (κ3) is 5.87. The fourth-order valence-corrected chi connectivity index (χ4v) is 4.30. The number of sulfonamides is 1. The van der Waals surface area contributed by atoms with Gasteiger partial charge in [-0.05, 0) is 55.0 Å². The maximum absolute atomic E-state index is 13.1. The lowest BCUT2D eigenvalue weighted by Gasteiger charge is -2.16. The molecule has 1 fully saturated rings. The van der Waals surface area contributed by atoms with E-state index in [1.165, 1.54) is 53.4 Å². The average Bonchev–Trinajstić information content (AvgIpc) is 3.14. The van der Waals surface area contributed by atoms with Crippen molar-refractivity contribution >= 4 is 33.2 Å². The van der Waals surface area contributed by atoms with Gasteiger partial charge in [-0.15, -0.1) is 0 Å². The minimum Gasteiger partial charge on any atom is -0.385 e. The van der Waals surface area contributed by atoms with Crippen LogP contribution in [0.15, 0.2) is 53.4 Å². The Morgan fingerprint density at radius 2 is 1.84 bits per heavy atom. The van der Waals surface area contributed by atoms with E-state index < -0.39 is 21.8 Å². The standard InChI is InChI=1S/C21H24FN3O5S/c1-30-12-2-11-23-31(28,29)19-9-5-17(6-10-19)24-21(27)15-13-20(26)25(14-15)18-7-3-16(22)4-8-18/h3-10,15,23H,2,11-14H2,1H3,(H,24,27)/t15-/m0/s1. The molecule has 1 aliphatic heterocycles. The van der Waals surface area contributed by atoms with Gasteiger partial charge < -0.3 is 15.0 Å². The molecule has 0 saturated carbocycles. The third-order valence-corrected chi connectivity index (χ3v) is 6.36. The number of hydrogen-bond donors (Lipinski definition) is 2. The number of rotatable bonds is 9. The molecule has 2 aromatic carbocycles. The van der Waals surface area contributed by atoms with E-state index in [1.807, 2.05) is 0 Å². The second-order valence-electron chi connectivity index (χ2n) is 7.14. The molecule has 2 aromatic rings. The van der Waals surface area contributed by atoms with Gasteiger partial charge in [-0.2, -0.15) is 0 Å². The molecular formula is C21H24FN3O5S. The highest BCUT2D eigenvalue weighted by Crippen LogP contribution is 2.26. The predicted octanol–water partition coefficient (Wildman–Crippen LogP) is 2.13. The molecule has 0 aromatic heterocycles. The minimum atomic E-state index is -3.65. The normalized spacial score (nSPS) is 16.5. The smallest absolute Gasteiger partial charge is 0.240 e. The van der Waals surface area contributed by atoms with Crippen LogP contribution in [0.4, 0.5) is 15.8 Å². The maximum atomic E-state index is 13.1. The molecule has 1 saturated heterocycles. The van der Waals surface area contributed by atoms with Crippen molar-refractivity contribution < 1.29 is 27.1 Å². The third-order valence-electron chi connectivity index (χ3n) is 4.88. The molecule has 2 N–H and O–H groups in total. The Bertz CT molecular complexity index is 1030. The Balaban J connectivity index is 1.58. The summed E-state index contributed by atoms with van der Waals surface area (Å²) >= 11 is 0. The Labute approximate surface area is 180 Å². The van der Waals surface area contributed by atoms with Gasteiger partial charge in [-0.3, -0.25) is 9.59 Å². The van der Waals surface area contributed by atoms with Gasteiger partial charge in [0.2, 0.25) is 21.8 Å². The van der Waals surface area contributed by atoms with E-state index in [2.05, 4.69) is 10.0 Å². The van der Waals surface area contributed by atoms with E-state index >= 15 is 0 Å². The first-order chi connectivity index (χ1) is 14.8. The van der Waals surface area contributed by atoms with Crippen LogP contribution in [0.3, 0.4) is 0 Å². The molecule has 10 heteroatoms. The summed E-state index contributed by atoms with van der Waals surface area (Å²) in [5, 5.41) is 2.71. The number of anilines is 2. The van der Waals surface area contributed by atoms with Crippen molar-refractivity contribution in [3.63, 3.8) is 0 Å². The topological polar surface area (TPSA) is 105 Å². The number of nitrogens with one attached hydrogen (secondary N) is 2. The van der Waals surface area contributed by atoms with Gasteiger partial charge >= 0.3 is 0 Å². The fraction of sp³-hybridized carbons (Fsp3) is 0.333. The van der Waals surface area contributed by atoms with Crippen molar-refractivity contribution in [2.75, 3.05) is 37.0 Å². The van der Waals surface area contributed by atoms with Crippen molar-refractivity contribution in [3.8, 4) is 0 Å². The summed E-state index contributed by atoms with van der Waals surface area (Å²) in [6, 6.07) is 11.3. The predicted molar refractivity (Wildman–Crippen MR) is 114 cm³/mol. The number of benzene rings is 2. The van der Waals surface area contributed by atoms with Crippen LogP contribution >= 0.6 is 0 Å². The molecule has 2 amide bonds. The summed E-state index contributed by atoms with van der Waals surface area (Å²) in [5.41, 5.74) is 0.963. The zero-order valence-electron chi connectivity index (χ0n) is 17.0. The first-order valence-electron chi connectivity index (χ1n) is 9.75. The molecule has 0 bridgehead atoms. The van der Waals surface area contributed by atoms with Crippen LogP contribution in [0.2, 0.25) is 0 Å². The Kier molecular flexibility index (Phi) is 7.37. The van der Waals surface area contributed by atoms with Crippen molar-refractivity contribution in [2.45, 2.75) is 17.7 Å². The molecule has 1 heterocycles. The average molecular weight is 450 g/mol. The summed E-state index contributed by atoms with van der Waals surface area (Å²) in [6.45, 7) is 0.902. The SMILES string of the molecule is COCCCNS(=O)(=O)c1ccc(NC(=O)[C@H]2CC(=O)N(c3ccc(F)cc3)C2)cc1. The minimum absolute atomic E-state index is 0.0427. The largest absolute Gasteiger partial charge is 0.385 e. The molecule has 1 aliphatic rings. The summed E-state index contributed by atoms with van der Waals surface area (Å²) in [7, 11) is -2.10. The number of carbonyl (C=O) groups is 2. The lowest BCUT2D eigenvalue weighted by molar-refractivity contribution is -0.122. The van der Waals surface area contributed by atoms with E-state index in [4.69, 9.17) is 4.74 Å². The van der Waals surface area contributed by atoms with Crippen molar-refractivity contribution in [1.82, 2.24) is 4.72 Å². The monoisotopic (exact) mass is 449 g/mol. The van der Waals surface area contributed by atoms with E-state index in [9.17, 15) is 22.4 Å². The number of ether oxygens (including phenoxy) is 1. The van der Waals surface area contributed by atoms with Crippen molar-refractivity contribution in [3.05, 3.63) is 54.3 Å². The van der Waals surface area contributed by atoms with Crippen molar-refractivity contribution in [2.24, 2.45) is 5.92 Å². The zero-order valence-corrected chi connectivity index (χ0v) is 17.8. The van der Waals surface area contributed by atoms with Gasteiger partial charge in [0, 0.05) is 44.6 Å². The molecule has 8 nitrogen and oxygen atoms in total. The second kappa shape index (κ2) is 9.99. The van der Waals surface area contributed by atoms with Crippen LogP contribution in [0, 0.1) is 11.7 Å².